The molecule has 2 heteroatoms. The zero-order chi connectivity index (χ0) is 10.7. The maximum atomic E-state index is 4.35. The summed E-state index contributed by atoms with van der Waals surface area (Å²) >= 11 is 0. The molecule has 0 unspecified atom stereocenters. The predicted octanol–water partition coefficient (Wildman–Crippen LogP) is 3.21. The van der Waals surface area contributed by atoms with Gasteiger partial charge in [0.25, 0.3) is 0 Å². The Balaban J connectivity index is 2.33. The highest BCUT2D eigenvalue weighted by Gasteiger charge is 2.05. The van der Waals surface area contributed by atoms with Crippen molar-refractivity contribution in [2.24, 2.45) is 5.92 Å². The van der Waals surface area contributed by atoms with E-state index in [4.69, 9.17) is 0 Å². The van der Waals surface area contributed by atoms with E-state index >= 15 is 0 Å². The lowest BCUT2D eigenvalue weighted by Gasteiger charge is -2.09. The minimum atomic E-state index is 0.618. The third kappa shape index (κ3) is 2.27. The van der Waals surface area contributed by atoms with Crippen molar-refractivity contribution in [2.75, 3.05) is 0 Å². The Bertz CT molecular complexity index is 415. The largest absolute Gasteiger partial charge is 0.265 e. The molecule has 0 radical (unpaired) electrons. The summed E-state index contributed by atoms with van der Waals surface area (Å²) in [6.07, 6.45) is 1.87. The van der Waals surface area contributed by atoms with E-state index in [1.165, 1.54) is 11.3 Å². The molecule has 0 aliphatic rings. The first kappa shape index (κ1) is 9.97. The van der Waals surface area contributed by atoms with Crippen LogP contribution < -0.4 is 0 Å². The fourth-order valence-corrected chi connectivity index (χ4v) is 1.68. The van der Waals surface area contributed by atoms with Gasteiger partial charge in [0, 0.05) is 12.7 Å². The second-order valence-corrected chi connectivity index (χ2v) is 4.16. The molecule has 78 valence electrons. The highest BCUT2D eigenvalue weighted by Crippen LogP contribution is 2.18. The number of hydrogen-bond acceptors (Lipinski definition) is 1. The molecule has 1 heterocycles. The van der Waals surface area contributed by atoms with Crippen molar-refractivity contribution >= 4 is 0 Å². The monoisotopic (exact) mass is 200 g/mol. The maximum Gasteiger partial charge on any atom is 0.0682 e. The summed E-state index contributed by atoms with van der Waals surface area (Å²) in [6, 6.07) is 12.5. The van der Waals surface area contributed by atoms with Crippen LogP contribution in [0.3, 0.4) is 0 Å². The topological polar surface area (TPSA) is 17.8 Å². The van der Waals surface area contributed by atoms with Gasteiger partial charge in [0.15, 0.2) is 0 Å². The molecule has 0 saturated heterocycles. The van der Waals surface area contributed by atoms with Crippen LogP contribution in [0.4, 0.5) is 0 Å². The Morgan fingerprint density at radius 3 is 2.53 bits per heavy atom. The first-order valence-electron chi connectivity index (χ1n) is 5.34. The lowest BCUT2D eigenvalue weighted by atomic mass is 10.1. The van der Waals surface area contributed by atoms with Crippen molar-refractivity contribution in [1.29, 1.82) is 0 Å². The lowest BCUT2D eigenvalue weighted by Crippen LogP contribution is -2.07. The molecule has 0 aliphatic carbocycles. The summed E-state index contributed by atoms with van der Waals surface area (Å²) in [4.78, 5) is 0. The normalized spacial score (nSPS) is 10.9. The average molecular weight is 200 g/mol. The van der Waals surface area contributed by atoms with Crippen LogP contribution in [0, 0.1) is 5.92 Å². The zero-order valence-corrected chi connectivity index (χ0v) is 9.22. The molecule has 0 saturated carbocycles. The summed E-state index contributed by atoms with van der Waals surface area (Å²) < 4.78 is 2.07. The van der Waals surface area contributed by atoms with Gasteiger partial charge in [-0.25, -0.2) is 0 Å². The van der Waals surface area contributed by atoms with Crippen LogP contribution in [-0.4, -0.2) is 9.78 Å². The van der Waals surface area contributed by atoms with E-state index in [1.807, 2.05) is 12.3 Å². The number of rotatable bonds is 3. The van der Waals surface area contributed by atoms with Crippen LogP contribution in [0.2, 0.25) is 0 Å². The average Bonchev–Trinajstić information content (AvgIpc) is 2.66. The quantitative estimate of drug-likeness (QED) is 0.744. The molecule has 2 aromatic rings. The van der Waals surface area contributed by atoms with Gasteiger partial charge in [0.05, 0.1) is 5.69 Å². The summed E-state index contributed by atoms with van der Waals surface area (Å²) in [7, 11) is 0. The van der Waals surface area contributed by atoms with Gasteiger partial charge in [-0.05, 0) is 17.5 Å². The Labute approximate surface area is 90.6 Å². The molecular weight excluding hydrogens is 184 g/mol. The number of nitrogens with zero attached hydrogens (tertiary/aromatic N) is 2. The summed E-state index contributed by atoms with van der Waals surface area (Å²) in [5, 5.41) is 4.35. The fourth-order valence-electron chi connectivity index (χ4n) is 1.68. The zero-order valence-electron chi connectivity index (χ0n) is 9.22. The summed E-state index contributed by atoms with van der Waals surface area (Å²) in [5.41, 5.74) is 2.43. The number of aromatic nitrogens is 2. The molecule has 1 aromatic carbocycles. The Morgan fingerprint density at radius 2 is 1.87 bits per heavy atom. The molecule has 0 aliphatic heterocycles. The third-order valence-corrected chi connectivity index (χ3v) is 2.32. The lowest BCUT2D eigenvalue weighted by molar-refractivity contribution is 0.487. The van der Waals surface area contributed by atoms with Crippen molar-refractivity contribution in [3.8, 4) is 11.3 Å². The van der Waals surface area contributed by atoms with Crippen LogP contribution in [0.25, 0.3) is 11.3 Å². The van der Waals surface area contributed by atoms with E-state index in [0.29, 0.717) is 5.92 Å². The molecule has 0 amide bonds. The van der Waals surface area contributed by atoms with Crippen LogP contribution in [-0.2, 0) is 6.54 Å². The van der Waals surface area contributed by atoms with Crippen molar-refractivity contribution in [3.05, 3.63) is 42.6 Å². The van der Waals surface area contributed by atoms with E-state index in [0.717, 1.165) is 6.54 Å². The van der Waals surface area contributed by atoms with Gasteiger partial charge in [-0.15, -0.1) is 0 Å². The fraction of sp³-hybridized carbons (Fsp3) is 0.308. The summed E-state index contributed by atoms with van der Waals surface area (Å²) in [6.45, 7) is 5.38. The Morgan fingerprint density at radius 1 is 1.13 bits per heavy atom. The first-order valence-corrected chi connectivity index (χ1v) is 5.34. The molecule has 1 aromatic heterocycles. The highest BCUT2D eigenvalue weighted by molar-refractivity contribution is 5.58. The minimum absolute atomic E-state index is 0.618. The van der Waals surface area contributed by atoms with E-state index in [2.05, 4.69) is 54.0 Å². The standard InChI is InChI=1S/C13H16N2/c1-11(2)10-15-13(8-9-14-15)12-6-4-3-5-7-12/h3-9,11H,10H2,1-2H3. The highest BCUT2D eigenvalue weighted by atomic mass is 15.3. The van der Waals surface area contributed by atoms with Gasteiger partial charge in [0.2, 0.25) is 0 Å². The molecule has 0 N–H and O–H groups in total. The molecule has 2 rings (SSSR count). The SMILES string of the molecule is CC(C)Cn1nccc1-c1ccccc1. The predicted molar refractivity (Wildman–Crippen MR) is 62.5 cm³/mol. The van der Waals surface area contributed by atoms with Gasteiger partial charge in [-0.1, -0.05) is 44.2 Å². The number of hydrogen-bond donors (Lipinski definition) is 0. The van der Waals surface area contributed by atoms with E-state index in [9.17, 15) is 0 Å². The van der Waals surface area contributed by atoms with E-state index < -0.39 is 0 Å². The third-order valence-electron chi connectivity index (χ3n) is 2.32. The van der Waals surface area contributed by atoms with Crippen LogP contribution in [0.1, 0.15) is 13.8 Å². The Kier molecular flexibility index (Phi) is 2.86. The van der Waals surface area contributed by atoms with Gasteiger partial charge in [-0.2, -0.15) is 5.10 Å². The minimum Gasteiger partial charge on any atom is -0.265 e. The van der Waals surface area contributed by atoms with Crippen LogP contribution in [0.15, 0.2) is 42.6 Å². The number of benzene rings is 1. The van der Waals surface area contributed by atoms with Gasteiger partial charge in [-0.3, -0.25) is 4.68 Å². The van der Waals surface area contributed by atoms with Gasteiger partial charge in [0.1, 0.15) is 0 Å². The molecule has 0 bridgehead atoms. The van der Waals surface area contributed by atoms with Gasteiger partial charge >= 0.3 is 0 Å². The molecule has 0 spiro atoms. The van der Waals surface area contributed by atoms with Crippen LogP contribution in [0.5, 0.6) is 0 Å². The second-order valence-electron chi connectivity index (χ2n) is 4.16. The molecule has 15 heavy (non-hydrogen) atoms. The Hall–Kier alpha value is -1.57. The van der Waals surface area contributed by atoms with E-state index in [1.54, 1.807) is 0 Å². The second kappa shape index (κ2) is 4.30. The van der Waals surface area contributed by atoms with E-state index in [-0.39, 0.29) is 0 Å². The van der Waals surface area contributed by atoms with Crippen molar-refractivity contribution in [2.45, 2.75) is 20.4 Å². The van der Waals surface area contributed by atoms with Crippen molar-refractivity contribution in [3.63, 3.8) is 0 Å². The van der Waals surface area contributed by atoms with Crippen molar-refractivity contribution < 1.29 is 0 Å². The molecular formula is C13H16N2. The summed E-state index contributed by atoms with van der Waals surface area (Å²) in [5.74, 6) is 0.618. The van der Waals surface area contributed by atoms with Gasteiger partial charge < -0.3 is 0 Å². The molecule has 2 nitrogen and oxygen atoms in total. The first-order chi connectivity index (χ1) is 7.27. The smallest absolute Gasteiger partial charge is 0.0682 e. The maximum absolute atomic E-state index is 4.35. The van der Waals surface area contributed by atoms with Crippen molar-refractivity contribution in [1.82, 2.24) is 9.78 Å². The molecule has 0 fully saturated rings. The molecule has 0 atom stereocenters. The van der Waals surface area contributed by atoms with Crippen LogP contribution >= 0.6 is 0 Å².